The number of ether oxygens (including phenoxy) is 1. The fourth-order valence-corrected chi connectivity index (χ4v) is 2.08. The van der Waals surface area contributed by atoms with Gasteiger partial charge in [0.15, 0.2) is 0 Å². The molecule has 2 heterocycles. The molecule has 6 heteroatoms. The van der Waals surface area contributed by atoms with Crippen molar-refractivity contribution in [2.75, 3.05) is 19.0 Å². The van der Waals surface area contributed by atoms with Crippen LogP contribution in [0.4, 0.5) is 0 Å². The van der Waals surface area contributed by atoms with E-state index in [1.54, 1.807) is 11.1 Å². The topological polar surface area (TPSA) is 42.4 Å². The lowest BCUT2D eigenvalue weighted by Gasteiger charge is -2.38. The molecule has 1 aliphatic rings. The maximum Gasteiger partial charge on any atom is 0.228 e. The van der Waals surface area contributed by atoms with Gasteiger partial charge in [-0.15, -0.1) is 11.6 Å². The molecule has 1 aliphatic heterocycles. The summed E-state index contributed by atoms with van der Waals surface area (Å²) in [5.41, 5.74) is 0. The number of pyridine rings is 1. The largest absolute Gasteiger partial charge is 0.470 e. The third kappa shape index (κ3) is 3.10. The molecule has 0 saturated carbocycles. The van der Waals surface area contributed by atoms with Crippen molar-refractivity contribution in [1.82, 2.24) is 9.88 Å². The second-order valence-corrected chi connectivity index (χ2v) is 5.00. The number of hydrogen-bond donors (Lipinski definition) is 0. The van der Waals surface area contributed by atoms with E-state index in [0.717, 1.165) is 4.47 Å². The number of nitrogens with zero attached hydrogens (tertiary/aromatic N) is 2. The van der Waals surface area contributed by atoms with Crippen LogP contribution in [0.2, 0.25) is 0 Å². The van der Waals surface area contributed by atoms with Crippen molar-refractivity contribution in [3.63, 3.8) is 0 Å². The van der Waals surface area contributed by atoms with Crippen LogP contribution in [0.3, 0.4) is 0 Å². The van der Waals surface area contributed by atoms with Gasteiger partial charge in [-0.1, -0.05) is 0 Å². The maximum atomic E-state index is 11.5. The van der Waals surface area contributed by atoms with Gasteiger partial charge in [-0.2, -0.15) is 0 Å². The van der Waals surface area contributed by atoms with E-state index in [4.69, 9.17) is 16.3 Å². The molecule has 0 unspecified atom stereocenters. The Morgan fingerprint density at radius 3 is 3.06 bits per heavy atom. The van der Waals surface area contributed by atoms with Crippen LogP contribution in [0.25, 0.3) is 0 Å². The van der Waals surface area contributed by atoms with Gasteiger partial charge in [-0.3, -0.25) is 4.79 Å². The van der Waals surface area contributed by atoms with Crippen molar-refractivity contribution in [2.45, 2.75) is 12.5 Å². The van der Waals surface area contributed by atoms with Gasteiger partial charge in [0.05, 0.1) is 17.6 Å². The lowest BCUT2D eigenvalue weighted by molar-refractivity contribution is -0.139. The van der Waals surface area contributed by atoms with Gasteiger partial charge in [0.25, 0.3) is 0 Å². The van der Waals surface area contributed by atoms with Gasteiger partial charge in [-0.25, -0.2) is 4.98 Å². The summed E-state index contributed by atoms with van der Waals surface area (Å²) in [6.07, 6.45) is 2.09. The highest BCUT2D eigenvalue weighted by Crippen LogP contribution is 2.24. The van der Waals surface area contributed by atoms with Crippen molar-refractivity contribution < 1.29 is 9.53 Å². The van der Waals surface area contributed by atoms with E-state index in [1.165, 1.54) is 0 Å². The predicted molar refractivity (Wildman–Crippen MR) is 68.3 cm³/mol. The zero-order chi connectivity index (χ0) is 12.3. The summed E-state index contributed by atoms with van der Waals surface area (Å²) < 4.78 is 6.48. The van der Waals surface area contributed by atoms with Crippen LogP contribution in [0, 0.1) is 0 Å². The highest BCUT2D eigenvalue weighted by atomic mass is 79.9. The molecule has 2 rings (SSSR count). The van der Waals surface area contributed by atoms with E-state index in [2.05, 4.69) is 20.9 Å². The first-order valence-electron chi connectivity index (χ1n) is 5.31. The summed E-state index contributed by atoms with van der Waals surface area (Å²) in [6, 6.07) is 3.70. The van der Waals surface area contributed by atoms with E-state index in [9.17, 15) is 4.79 Å². The van der Waals surface area contributed by atoms with Crippen LogP contribution >= 0.6 is 27.5 Å². The van der Waals surface area contributed by atoms with Crippen molar-refractivity contribution in [1.29, 1.82) is 0 Å². The van der Waals surface area contributed by atoms with Gasteiger partial charge in [0.1, 0.15) is 6.10 Å². The second-order valence-electron chi connectivity index (χ2n) is 3.77. The molecule has 1 aromatic rings. The van der Waals surface area contributed by atoms with E-state index < -0.39 is 0 Å². The molecule has 0 aliphatic carbocycles. The first kappa shape index (κ1) is 12.6. The normalized spacial score (nSPS) is 15.5. The van der Waals surface area contributed by atoms with Crippen LogP contribution < -0.4 is 4.74 Å². The lowest BCUT2D eigenvalue weighted by atomic mass is 10.1. The summed E-state index contributed by atoms with van der Waals surface area (Å²) >= 11 is 8.87. The Labute approximate surface area is 113 Å². The molecular formula is C11H12BrClN2O2. The minimum atomic E-state index is 0.0282. The number of rotatable bonds is 4. The average Bonchev–Trinajstić information content (AvgIpc) is 2.25. The van der Waals surface area contributed by atoms with Crippen LogP contribution in [0.15, 0.2) is 22.8 Å². The molecular weight excluding hydrogens is 307 g/mol. The van der Waals surface area contributed by atoms with Crippen LogP contribution in [0.5, 0.6) is 5.88 Å². The van der Waals surface area contributed by atoms with Crippen molar-refractivity contribution in [3.8, 4) is 5.88 Å². The third-order valence-corrected chi connectivity index (χ3v) is 3.30. The Kier molecular flexibility index (Phi) is 4.23. The molecule has 0 bridgehead atoms. The molecule has 4 nitrogen and oxygen atoms in total. The Morgan fingerprint density at radius 2 is 2.41 bits per heavy atom. The summed E-state index contributed by atoms with van der Waals surface area (Å²) in [6.45, 7) is 1.22. The average molecular weight is 320 g/mol. The molecule has 0 aromatic carbocycles. The number of carbonyl (C=O) groups is 1. The Bertz CT molecular complexity index is 410. The number of alkyl halides is 1. The highest BCUT2D eigenvalue weighted by molar-refractivity contribution is 9.10. The highest BCUT2D eigenvalue weighted by Gasteiger charge is 2.32. The molecule has 0 spiro atoms. The van der Waals surface area contributed by atoms with Crippen LogP contribution in [-0.2, 0) is 4.79 Å². The zero-order valence-corrected chi connectivity index (χ0v) is 11.4. The monoisotopic (exact) mass is 318 g/mol. The minimum absolute atomic E-state index is 0.0282. The van der Waals surface area contributed by atoms with Crippen molar-refractivity contribution in [2.24, 2.45) is 0 Å². The molecule has 1 saturated heterocycles. The first-order valence-corrected chi connectivity index (χ1v) is 6.64. The van der Waals surface area contributed by atoms with Crippen LogP contribution in [-0.4, -0.2) is 40.9 Å². The first-order chi connectivity index (χ1) is 8.20. The van der Waals surface area contributed by atoms with Gasteiger partial charge < -0.3 is 9.64 Å². The number of likely N-dealkylation sites (tertiary alicyclic amines) is 1. The minimum Gasteiger partial charge on any atom is -0.470 e. The SMILES string of the molecule is O=C(CCCl)N1CC(Oc2ncccc2Br)C1. The Morgan fingerprint density at radius 1 is 1.65 bits per heavy atom. The van der Waals surface area contributed by atoms with Crippen molar-refractivity contribution in [3.05, 3.63) is 22.8 Å². The fourth-order valence-electron chi connectivity index (χ4n) is 1.57. The molecule has 92 valence electrons. The molecule has 17 heavy (non-hydrogen) atoms. The molecule has 1 fully saturated rings. The number of hydrogen-bond acceptors (Lipinski definition) is 3. The Hall–Kier alpha value is -0.810. The second kappa shape index (κ2) is 5.69. The third-order valence-electron chi connectivity index (χ3n) is 2.51. The number of carbonyl (C=O) groups excluding carboxylic acids is 1. The maximum absolute atomic E-state index is 11.5. The predicted octanol–water partition coefficient (Wildman–Crippen LogP) is 2.06. The van der Waals surface area contributed by atoms with Gasteiger partial charge >= 0.3 is 0 Å². The summed E-state index contributed by atoms with van der Waals surface area (Å²) in [4.78, 5) is 17.3. The molecule has 1 aromatic heterocycles. The number of aromatic nitrogens is 1. The van der Waals surface area contributed by atoms with E-state index in [-0.39, 0.29) is 12.0 Å². The molecule has 0 atom stereocenters. The van der Waals surface area contributed by atoms with E-state index >= 15 is 0 Å². The number of amides is 1. The summed E-state index contributed by atoms with van der Waals surface area (Å²) in [7, 11) is 0. The lowest BCUT2D eigenvalue weighted by Crippen LogP contribution is -2.56. The fraction of sp³-hybridized carbons (Fsp3) is 0.455. The van der Waals surface area contributed by atoms with Crippen LogP contribution in [0.1, 0.15) is 6.42 Å². The zero-order valence-electron chi connectivity index (χ0n) is 9.10. The molecule has 0 N–H and O–H groups in total. The van der Waals surface area contributed by atoms with Crippen molar-refractivity contribution >= 4 is 33.4 Å². The van der Waals surface area contributed by atoms with Gasteiger partial charge in [-0.05, 0) is 28.1 Å². The Balaban J connectivity index is 1.81. The van der Waals surface area contributed by atoms with E-state index in [1.807, 2.05) is 12.1 Å². The smallest absolute Gasteiger partial charge is 0.228 e. The molecule has 1 amide bonds. The standard InChI is InChI=1S/C11H12BrClN2O2/c12-9-2-1-5-14-11(9)17-8-6-15(7-8)10(16)3-4-13/h1-2,5,8H,3-4,6-7H2. The quantitative estimate of drug-likeness (QED) is 0.798. The summed E-state index contributed by atoms with van der Waals surface area (Å²) in [5.74, 6) is 1.02. The van der Waals surface area contributed by atoms with E-state index in [0.29, 0.717) is 31.3 Å². The van der Waals surface area contributed by atoms with Gasteiger partial charge in [0.2, 0.25) is 11.8 Å². The van der Waals surface area contributed by atoms with Gasteiger partial charge in [0, 0.05) is 18.5 Å². The number of halogens is 2. The summed E-state index contributed by atoms with van der Waals surface area (Å²) in [5, 5.41) is 0. The molecule has 0 radical (unpaired) electrons.